The molecule has 0 bridgehead atoms. The van der Waals surface area contributed by atoms with Gasteiger partial charge in [0, 0.05) is 12.6 Å². The molecule has 2 amide bonds. The number of carboxylic acid groups (broad SMARTS) is 1. The van der Waals surface area contributed by atoms with Crippen molar-refractivity contribution in [2.24, 2.45) is 0 Å². The van der Waals surface area contributed by atoms with Gasteiger partial charge in [0.25, 0.3) is 0 Å². The molecule has 0 radical (unpaired) electrons. The van der Waals surface area contributed by atoms with E-state index in [-0.39, 0.29) is 13.0 Å². The Morgan fingerprint density at radius 3 is 2.36 bits per heavy atom. The molecule has 156 valence electrons. The monoisotopic (exact) mass is 394 g/mol. The van der Waals surface area contributed by atoms with E-state index in [1.54, 1.807) is 20.8 Å². The Kier molecular flexibility index (Phi) is 9.84. The molecule has 0 spiro atoms. The maximum Gasteiger partial charge on any atom is 0.407 e. The second-order valence-electron chi connectivity index (χ2n) is 7.43. The van der Waals surface area contributed by atoms with E-state index in [1.807, 2.05) is 30.3 Å². The summed E-state index contributed by atoms with van der Waals surface area (Å²) >= 11 is 0. The van der Waals surface area contributed by atoms with Crippen molar-refractivity contribution in [2.45, 2.75) is 64.7 Å². The minimum absolute atomic E-state index is 0.117. The van der Waals surface area contributed by atoms with Gasteiger partial charge in [-0.25, -0.2) is 9.59 Å². The van der Waals surface area contributed by atoms with Crippen LogP contribution in [0.3, 0.4) is 0 Å². The van der Waals surface area contributed by atoms with Gasteiger partial charge >= 0.3 is 18.2 Å². The Morgan fingerprint density at radius 2 is 1.75 bits per heavy atom. The number of amides is 2. The molecule has 1 atom stereocenters. The number of carboxylic acids is 1. The lowest BCUT2D eigenvalue weighted by atomic mass is 10.1. The quantitative estimate of drug-likeness (QED) is 0.524. The molecule has 0 fully saturated rings. The van der Waals surface area contributed by atoms with Crippen LogP contribution in [0.2, 0.25) is 0 Å². The van der Waals surface area contributed by atoms with Crippen LogP contribution in [-0.4, -0.2) is 41.4 Å². The first-order chi connectivity index (χ1) is 13.2. The van der Waals surface area contributed by atoms with E-state index in [9.17, 15) is 14.4 Å². The first-order valence-corrected chi connectivity index (χ1v) is 9.31. The Bertz CT molecular complexity index is 627. The van der Waals surface area contributed by atoms with Crippen LogP contribution in [-0.2, 0) is 20.9 Å². The second kappa shape index (κ2) is 11.8. The summed E-state index contributed by atoms with van der Waals surface area (Å²) in [6, 6.07) is 8.68. The first kappa shape index (κ1) is 23.3. The van der Waals surface area contributed by atoms with Gasteiger partial charge in [-0.1, -0.05) is 30.3 Å². The van der Waals surface area contributed by atoms with Crippen molar-refractivity contribution in [1.29, 1.82) is 0 Å². The highest BCUT2D eigenvalue weighted by Crippen LogP contribution is 2.08. The zero-order valence-corrected chi connectivity index (χ0v) is 16.7. The number of aliphatic carboxylic acids is 1. The smallest absolute Gasteiger partial charge is 0.407 e. The van der Waals surface area contributed by atoms with Crippen molar-refractivity contribution >= 4 is 18.2 Å². The third kappa shape index (κ3) is 11.8. The van der Waals surface area contributed by atoms with E-state index in [0.29, 0.717) is 25.8 Å². The van der Waals surface area contributed by atoms with E-state index < -0.39 is 29.8 Å². The molecular formula is C20H30N2O6. The Hall–Kier alpha value is -2.77. The molecule has 0 aliphatic heterocycles. The zero-order valence-electron chi connectivity index (χ0n) is 16.7. The van der Waals surface area contributed by atoms with Crippen LogP contribution in [0.1, 0.15) is 52.0 Å². The summed E-state index contributed by atoms with van der Waals surface area (Å²) in [5.74, 6) is -1.000. The number of alkyl carbamates (subject to hydrolysis) is 2. The molecule has 8 heteroatoms. The molecule has 3 N–H and O–H groups in total. The van der Waals surface area contributed by atoms with E-state index in [0.717, 1.165) is 5.56 Å². The van der Waals surface area contributed by atoms with Gasteiger partial charge in [-0.3, -0.25) is 4.79 Å². The molecule has 0 aliphatic carbocycles. The third-order valence-electron chi connectivity index (χ3n) is 3.60. The summed E-state index contributed by atoms with van der Waals surface area (Å²) in [5.41, 5.74) is 0.293. The van der Waals surface area contributed by atoms with E-state index in [4.69, 9.17) is 14.6 Å². The number of benzene rings is 1. The van der Waals surface area contributed by atoms with Crippen LogP contribution in [0.4, 0.5) is 9.59 Å². The molecule has 0 saturated carbocycles. The second-order valence-corrected chi connectivity index (χ2v) is 7.43. The van der Waals surface area contributed by atoms with Crippen molar-refractivity contribution in [1.82, 2.24) is 10.6 Å². The normalized spacial score (nSPS) is 12.0. The predicted molar refractivity (Wildman–Crippen MR) is 104 cm³/mol. The minimum atomic E-state index is -1.000. The third-order valence-corrected chi connectivity index (χ3v) is 3.60. The summed E-state index contributed by atoms with van der Waals surface area (Å²) in [6.45, 7) is 5.88. The van der Waals surface area contributed by atoms with Gasteiger partial charge < -0.3 is 25.2 Å². The molecule has 0 aromatic heterocycles. The molecule has 0 unspecified atom stereocenters. The summed E-state index contributed by atoms with van der Waals surface area (Å²) in [5, 5.41) is 14.3. The van der Waals surface area contributed by atoms with Crippen LogP contribution in [0.15, 0.2) is 30.3 Å². The van der Waals surface area contributed by atoms with Gasteiger partial charge in [0.2, 0.25) is 0 Å². The lowest BCUT2D eigenvalue weighted by Crippen LogP contribution is -2.37. The highest BCUT2D eigenvalue weighted by molar-refractivity contribution is 5.71. The van der Waals surface area contributed by atoms with Crippen LogP contribution in [0.25, 0.3) is 0 Å². The van der Waals surface area contributed by atoms with Crippen LogP contribution in [0.5, 0.6) is 0 Å². The van der Waals surface area contributed by atoms with Crippen molar-refractivity contribution in [3.05, 3.63) is 35.9 Å². The molecule has 1 rings (SSSR count). The molecule has 1 aromatic rings. The highest BCUT2D eigenvalue weighted by Gasteiger charge is 2.17. The largest absolute Gasteiger partial charge is 0.481 e. The standard InChI is InChI=1S/C20H30N2O6/c1-20(2,3)28-18(25)21-12-8-7-11-16(13-17(23)24)22-19(26)27-14-15-9-5-4-6-10-15/h4-6,9-10,16H,7-8,11-14H2,1-3H3,(H,21,25)(H,22,26)(H,23,24)/t16-/m0/s1. The number of unbranched alkanes of at least 4 members (excludes halogenated alkanes) is 1. The average molecular weight is 394 g/mol. The lowest BCUT2D eigenvalue weighted by molar-refractivity contribution is -0.137. The summed E-state index contributed by atoms with van der Waals surface area (Å²) < 4.78 is 10.3. The maximum absolute atomic E-state index is 11.9. The SMILES string of the molecule is CC(C)(C)OC(=O)NCCCC[C@@H](CC(=O)O)NC(=O)OCc1ccccc1. The fourth-order valence-electron chi connectivity index (χ4n) is 2.39. The minimum Gasteiger partial charge on any atom is -0.481 e. The number of ether oxygens (including phenoxy) is 2. The maximum atomic E-state index is 11.9. The average Bonchev–Trinajstić information content (AvgIpc) is 2.58. The molecule has 28 heavy (non-hydrogen) atoms. The van der Waals surface area contributed by atoms with Gasteiger partial charge in [-0.15, -0.1) is 0 Å². The van der Waals surface area contributed by atoms with Gasteiger partial charge in [0.1, 0.15) is 12.2 Å². The highest BCUT2D eigenvalue weighted by atomic mass is 16.6. The van der Waals surface area contributed by atoms with Crippen LogP contribution < -0.4 is 10.6 Å². The fourth-order valence-corrected chi connectivity index (χ4v) is 2.39. The topological polar surface area (TPSA) is 114 Å². The Morgan fingerprint density at radius 1 is 1.07 bits per heavy atom. The lowest BCUT2D eigenvalue weighted by Gasteiger charge is -2.20. The van der Waals surface area contributed by atoms with E-state index in [1.165, 1.54) is 0 Å². The van der Waals surface area contributed by atoms with Crippen molar-refractivity contribution in [2.75, 3.05) is 6.54 Å². The molecule has 0 aliphatic rings. The number of hydrogen-bond donors (Lipinski definition) is 3. The Labute approximate surface area is 165 Å². The first-order valence-electron chi connectivity index (χ1n) is 9.31. The molecule has 8 nitrogen and oxygen atoms in total. The van der Waals surface area contributed by atoms with Gasteiger partial charge in [-0.05, 0) is 45.6 Å². The number of nitrogens with one attached hydrogen (secondary N) is 2. The van der Waals surface area contributed by atoms with Crippen molar-refractivity contribution in [3.63, 3.8) is 0 Å². The van der Waals surface area contributed by atoms with Crippen molar-refractivity contribution < 1.29 is 29.0 Å². The molecular weight excluding hydrogens is 364 g/mol. The number of rotatable bonds is 10. The van der Waals surface area contributed by atoms with E-state index in [2.05, 4.69) is 10.6 Å². The van der Waals surface area contributed by atoms with Gasteiger partial charge in [-0.2, -0.15) is 0 Å². The summed E-state index contributed by atoms with van der Waals surface area (Å²) in [6.07, 6.45) is 0.394. The Balaban J connectivity index is 2.30. The molecule has 0 heterocycles. The summed E-state index contributed by atoms with van der Waals surface area (Å²) in [7, 11) is 0. The molecule has 0 saturated heterocycles. The van der Waals surface area contributed by atoms with Crippen LogP contribution >= 0.6 is 0 Å². The zero-order chi connectivity index (χ0) is 21.0. The van der Waals surface area contributed by atoms with Gasteiger partial charge in [0.15, 0.2) is 0 Å². The number of carbonyl (C=O) groups is 3. The summed E-state index contributed by atoms with van der Waals surface area (Å²) in [4.78, 5) is 34.5. The number of carbonyl (C=O) groups excluding carboxylic acids is 2. The van der Waals surface area contributed by atoms with E-state index >= 15 is 0 Å². The van der Waals surface area contributed by atoms with Crippen molar-refractivity contribution in [3.8, 4) is 0 Å². The fraction of sp³-hybridized carbons (Fsp3) is 0.550. The molecule has 1 aromatic carbocycles. The number of hydrogen-bond acceptors (Lipinski definition) is 5. The van der Waals surface area contributed by atoms with Crippen LogP contribution in [0, 0.1) is 0 Å². The van der Waals surface area contributed by atoms with Gasteiger partial charge in [0.05, 0.1) is 6.42 Å². The predicted octanol–water partition coefficient (Wildman–Crippen LogP) is 3.45.